The van der Waals surface area contributed by atoms with E-state index in [1.807, 2.05) is 0 Å². The van der Waals surface area contributed by atoms with E-state index in [0.717, 1.165) is 25.7 Å². The SMILES string of the molecule is Cc1nn(C)c(Cl)c1S(=O)(=O)NCC(O)C1CCCC1. The van der Waals surface area contributed by atoms with Crippen molar-refractivity contribution in [2.24, 2.45) is 13.0 Å². The average Bonchev–Trinajstić information content (AvgIpc) is 2.96. The molecule has 1 aliphatic rings. The van der Waals surface area contributed by atoms with Gasteiger partial charge in [-0.1, -0.05) is 24.4 Å². The van der Waals surface area contributed by atoms with Crippen LogP contribution in [0.2, 0.25) is 5.15 Å². The zero-order chi connectivity index (χ0) is 14.9. The summed E-state index contributed by atoms with van der Waals surface area (Å²) in [4.78, 5) is -0.0136. The van der Waals surface area contributed by atoms with E-state index in [1.54, 1.807) is 14.0 Å². The molecule has 1 fully saturated rings. The molecule has 0 amide bonds. The van der Waals surface area contributed by atoms with E-state index in [4.69, 9.17) is 11.6 Å². The van der Waals surface area contributed by atoms with Crippen LogP contribution in [-0.2, 0) is 17.1 Å². The average molecular weight is 322 g/mol. The van der Waals surface area contributed by atoms with Crippen LogP contribution in [0.15, 0.2) is 4.90 Å². The molecule has 1 aromatic heterocycles. The summed E-state index contributed by atoms with van der Waals surface area (Å²) < 4.78 is 28.2. The van der Waals surface area contributed by atoms with Gasteiger partial charge in [0.2, 0.25) is 10.0 Å². The van der Waals surface area contributed by atoms with Gasteiger partial charge in [0.1, 0.15) is 10.0 Å². The van der Waals surface area contributed by atoms with Crippen LogP contribution in [0.5, 0.6) is 0 Å². The molecule has 6 nitrogen and oxygen atoms in total. The molecule has 1 atom stereocenters. The molecule has 0 aliphatic heterocycles. The van der Waals surface area contributed by atoms with Gasteiger partial charge in [0.05, 0.1) is 11.8 Å². The minimum Gasteiger partial charge on any atom is -0.391 e. The Morgan fingerprint density at radius 1 is 1.50 bits per heavy atom. The monoisotopic (exact) mass is 321 g/mol. The maximum atomic E-state index is 12.2. The largest absolute Gasteiger partial charge is 0.391 e. The van der Waals surface area contributed by atoms with Gasteiger partial charge in [-0.2, -0.15) is 5.10 Å². The van der Waals surface area contributed by atoms with Crippen LogP contribution < -0.4 is 4.72 Å². The number of aryl methyl sites for hydroxylation is 2. The third-order valence-corrected chi connectivity index (χ3v) is 5.91. The first-order valence-electron chi connectivity index (χ1n) is 6.69. The van der Waals surface area contributed by atoms with Gasteiger partial charge >= 0.3 is 0 Å². The Labute approximate surface area is 124 Å². The van der Waals surface area contributed by atoms with Gasteiger partial charge in [0, 0.05) is 13.6 Å². The molecule has 0 saturated heterocycles. The van der Waals surface area contributed by atoms with Crippen LogP contribution in [0.25, 0.3) is 0 Å². The molecule has 8 heteroatoms. The Kier molecular flexibility index (Phi) is 4.73. The Morgan fingerprint density at radius 2 is 2.10 bits per heavy atom. The summed E-state index contributed by atoms with van der Waals surface area (Å²) >= 11 is 5.96. The third-order valence-electron chi connectivity index (χ3n) is 3.80. The quantitative estimate of drug-likeness (QED) is 0.854. The minimum atomic E-state index is -3.75. The summed E-state index contributed by atoms with van der Waals surface area (Å²) in [7, 11) is -2.17. The third kappa shape index (κ3) is 3.16. The standard InChI is InChI=1S/C12H20ClN3O3S/c1-8-11(12(13)16(2)15-8)20(18,19)14-7-10(17)9-5-3-4-6-9/h9-10,14,17H,3-7H2,1-2H3. The zero-order valence-electron chi connectivity index (χ0n) is 11.6. The van der Waals surface area contributed by atoms with Crippen LogP contribution in [0.1, 0.15) is 31.4 Å². The Balaban J connectivity index is 2.07. The van der Waals surface area contributed by atoms with E-state index in [-0.39, 0.29) is 22.5 Å². The molecule has 2 N–H and O–H groups in total. The first-order chi connectivity index (χ1) is 9.33. The second kappa shape index (κ2) is 6.01. The number of aliphatic hydroxyl groups is 1. The predicted molar refractivity (Wildman–Crippen MR) is 76.1 cm³/mol. The molecule has 1 saturated carbocycles. The maximum Gasteiger partial charge on any atom is 0.245 e. The van der Waals surface area contributed by atoms with Gasteiger partial charge < -0.3 is 5.11 Å². The molecule has 2 rings (SSSR count). The molecular formula is C12H20ClN3O3S. The molecule has 114 valence electrons. The summed E-state index contributed by atoms with van der Waals surface area (Å²) in [6.07, 6.45) is 3.46. The number of aliphatic hydroxyl groups excluding tert-OH is 1. The summed E-state index contributed by atoms with van der Waals surface area (Å²) in [5.74, 6) is 0.183. The van der Waals surface area contributed by atoms with Crippen molar-refractivity contribution in [2.75, 3.05) is 6.54 Å². The normalized spacial score (nSPS) is 18.6. The number of nitrogens with one attached hydrogen (secondary N) is 1. The molecule has 0 bridgehead atoms. The lowest BCUT2D eigenvalue weighted by atomic mass is 10.0. The van der Waals surface area contributed by atoms with Gasteiger partial charge in [-0.15, -0.1) is 0 Å². The van der Waals surface area contributed by atoms with Crippen molar-refractivity contribution in [2.45, 2.75) is 43.6 Å². The Morgan fingerprint density at radius 3 is 2.60 bits per heavy atom. The summed E-state index contributed by atoms with van der Waals surface area (Å²) in [6.45, 7) is 1.60. The molecular weight excluding hydrogens is 302 g/mol. The van der Waals surface area contributed by atoms with Crippen molar-refractivity contribution < 1.29 is 13.5 Å². The first kappa shape index (κ1) is 15.8. The van der Waals surface area contributed by atoms with Crippen molar-refractivity contribution in [1.82, 2.24) is 14.5 Å². The van der Waals surface area contributed by atoms with E-state index in [0.29, 0.717) is 5.69 Å². The van der Waals surface area contributed by atoms with Crippen molar-refractivity contribution in [3.8, 4) is 0 Å². The highest BCUT2D eigenvalue weighted by Crippen LogP contribution is 2.28. The number of sulfonamides is 1. The maximum absolute atomic E-state index is 12.2. The molecule has 0 radical (unpaired) electrons. The van der Waals surface area contributed by atoms with E-state index in [9.17, 15) is 13.5 Å². The molecule has 0 aromatic carbocycles. The summed E-state index contributed by atoms with van der Waals surface area (Å²) in [5.41, 5.74) is 0.348. The van der Waals surface area contributed by atoms with Crippen molar-refractivity contribution in [1.29, 1.82) is 0 Å². The lowest BCUT2D eigenvalue weighted by Crippen LogP contribution is -2.35. The number of nitrogens with zero attached hydrogens (tertiary/aromatic N) is 2. The van der Waals surface area contributed by atoms with Gasteiger partial charge in [-0.05, 0) is 25.7 Å². The fourth-order valence-corrected chi connectivity index (χ4v) is 4.49. The molecule has 20 heavy (non-hydrogen) atoms. The molecule has 0 spiro atoms. The fourth-order valence-electron chi connectivity index (χ4n) is 2.69. The zero-order valence-corrected chi connectivity index (χ0v) is 13.2. The molecule has 1 aromatic rings. The van der Waals surface area contributed by atoms with Crippen LogP contribution in [0.3, 0.4) is 0 Å². The van der Waals surface area contributed by atoms with Crippen molar-refractivity contribution in [3.05, 3.63) is 10.8 Å². The van der Waals surface area contributed by atoms with E-state index in [2.05, 4.69) is 9.82 Å². The van der Waals surface area contributed by atoms with Crippen LogP contribution in [0, 0.1) is 12.8 Å². The van der Waals surface area contributed by atoms with Crippen molar-refractivity contribution >= 4 is 21.6 Å². The van der Waals surface area contributed by atoms with E-state index < -0.39 is 16.1 Å². The van der Waals surface area contributed by atoms with Gasteiger partial charge in [-0.25, -0.2) is 13.1 Å². The molecule has 1 aliphatic carbocycles. The molecule has 1 unspecified atom stereocenters. The second-order valence-corrected chi connectivity index (χ2v) is 7.35. The number of hydrogen-bond donors (Lipinski definition) is 2. The van der Waals surface area contributed by atoms with E-state index >= 15 is 0 Å². The lowest BCUT2D eigenvalue weighted by Gasteiger charge is -2.18. The number of hydrogen-bond acceptors (Lipinski definition) is 4. The topological polar surface area (TPSA) is 84.2 Å². The van der Waals surface area contributed by atoms with Crippen molar-refractivity contribution in [3.63, 3.8) is 0 Å². The van der Waals surface area contributed by atoms with Crippen LogP contribution in [-0.4, -0.2) is 36.0 Å². The smallest absolute Gasteiger partial charge is 0.245 e. The Hall–Kier alpha value is -0.630. The Bertz CT molecular complexity index is 579. The number of halogens is 1. The minimum absolute atomic E-state index is 0.0116. The highest BCUT2D eigenvalue weighted by Gasteiger charge is 2.28. The number of aromatic nitrogens is 2. The summed E-state index contributed by atoms with van der Waals surface area (Å²) in [5, 5.41) is 14.1. The van der Waals surface area contributed by atoms with Gasteiger partial charge in [-0.3, -0.25) is 4.68 Å². The second-order valence-electron chi connectivity index (χ2n) is 5.29. The first-order valence-corrected chi connectivity index (χ1v) is 8.56. The van der Waals surface area contributed by atoms with Gasteiger partial charge in [0.25, 0.3) is 0 Å². The molecule has 1 heterocycles. The number of rotatable bonds is 5. The summed E-state index contributed by atoms with van der Waals surface area (Å²) in [6, 6.07) is 0. The predicted octanol–water partition coefficient (Wildman–Crippen LogP) is 1.21. The van der Waals surface area contributed by atoms with Gasteiger partial charge in [0.15, 0.2) is 0 Å². The highest BCUT2D eigenvalue weighted by molar-refractivity contribution is 7.89. The van der Waals surface area contributed by atoms with E-state index in [1.165, 1.54) is 4.68 Å². The fraction of sp³-hybridized carbons (Fsp3) is 0.750. The van der Waals surface area contributed by atoms with Crippen LogP contribution >= 0.6 is 11.6 Å². The highest BCUT2D eigenvalue weighted by atomic mass is 35.5. The van der Waals surface area contributed by atoms with Crippen LogP contribution in [0.4, 0.5) is 0 Å². The lowest BCUT2D eigenvalue weighted by molar-refractivity contribution is 0.115.